The predicted octanol–water partition coefficient (Wildman–Crippen LogP) is 4.82. The van der Waals surface area contributed by atoms with E-state index in [0.29, 0.717) is 11.2 Å². The fourth-order valence-corrected chi connectivity index (χ4v) is 2.46. The lowest BCUT2D eigenvalue weighted by atomic mass is 10.2. The zero-order valence-corrected chi connectivity index (χ0v) is 15.6. The number of nitrogens with one attached hydrogen (secondary N) is 2. The zero-order valence-electron chi connectivity index (χ0n) is 15.6. The van der Waals surface area contributed by atoms with Gasteiger partial charge in [0, 0.05) is 6.07 Å². The minimum atomic E-state index is -4.45. The molecule has 0 bridgehead atoms. The predicted molar refractivity (Wildman–Crippen MR) is 94.4 cm³/mol. The van der Waals surface area contributed by atoms with E-state index in [4.69, 9.17) is 9.26 Å². The lowest BCUT2D eigenvalue weighted by molar-refractivity contribution is -0.137. The summed E-state index contributed by atoms with van der Waals surface area (Å²) in [5.74, 6) is 0.468. The Morgan fingerprint density at radius 1 is 1.25 bits per heavy atom. The molecule has 3 aromatic rings. The summed E-state index contributed by atoms with van der Waals surface area (Å²) in [6.45, 7) is 6.94. The number of halogens is 3. The number of aromatic amines is 1. The summed E-state index contributed by atoms with van der Waals surface area (Å²) in [5.41, 5.74) is -0.421. The normalized spacial score (nSPS) is 13.5. The first-order valence-electron chi connectivity index (χ1n) is 8.46. The molecule has 2 N–H and O–H groups in total. The first-order chi connectivity index (χ1) is 12.9. The average molecular weight is 396 g/mol. The van der Waals surface area contributed by atoms with Crippen molar-refractivity contribution in [2.75, 3.05) is 0 Å². The van der Waals surface area contributed by atoms with Crippen molar-refractivity contribution in [1.82, 2.24) is 20.4 Å². The highest BCUT2D eigenvalue weighted by Crippen LogP contribution is 2.32. The van der Waals surface area contributed by atoms with E-state index in [-0.39, 0.29) is 17.1 Å². The van der Waals surface area contributed by atoms with Gasteiger partial charge in [-0.15, -0.1) is 0 Å². The Labute approximate surface area is 158 Å². The molecule has 0 fully saturated rings. The van der Waals surface area contributed by atoms with Crippen LogP contribution in [0.2, 0.25) is 0 Å². The Kier molecular flexibility index (Phi) is 4.82. The number of ether oxygens (including phenoxy) is 1. The fraction of sp³-hybridized carbons (Fsp3) is 0.389. The SMILES string of the molecule is C[C@H](NC(=O)OC(C)(C)C)c1cc(-c2nc3cc(C(F)(F)F)ccc3[nH]2)on1. The number of carbonyl (C=O) groups excluding carboxylic acids is 1. The van der Waals surface area contributed by atoms with Crippen LogP contribution >= 0.6 is 0 Å². The lowest BCUT2D eigenvalue weighted by Crippen LogP contribution is -2.34. The zero-order chi connectivity index (χ0) is 20.7. The lowest BCUT2D eigenvalue weighted by Gasteiger charge is -2.21. The molecule has 2 aromatic heterocycles. The van der Waals surface area contributed by atoms with Gasteiger partial charge in [-0.05, 0) is 45.9 Å². The van der Waals surface area contributed by atoms with Crippen LogP contribution in [0.3, 0.4) is 0 Å². The number of nitrogens with zero attached hydrogens (tertiary/aromatic N) is 2. The van der Waals surface area contributed by atoms with Crippen molar-refractivity contribution in [3.8, 4) is 11.6 Å². The quantitative estimate of drug-likeness (QED) is 0.662. The second-order valence-corrected chi connectivity index (χ2v) is 7.30. The van der Waals surface area contributed by atoms with Crippen molar-refractivity contribution < 1.29 is 27.2 Å². The number of hydrogen-bond donors (Lipinski definition) is 2. The average Bonchev–Trinajstić information content (AvgIpc) is 3.18. The second kappa shape index (κ2) is 6.84. The summed E-state index contributed by atoms with van der Waals surface area (Å²) >= 11 is 0. The van der Waals surface area contributed by atoms with Gasteiger partial charge in [0.1, 0.15) is 11.3 Å². The number of alkyl carbamates (subject to hydrolysis) is 1. The van der Waals surface area contributed by atoms with Gasteiger partial charge in [-0.1, -0.05) is 5.16 Å². The molecule has 10 heteroatoms. The van der Waals surface area contributed by atoms with Crippen LogP contribution in [0.5, 0.6) is 0 Å². The van der Waals surface area contributed by atoms with E-state index in [1.807, 2.05) is 0 Å². The molecule has 28 heavy (non-hydrogen) atoms. The Morgan fingerprint density at radius 3 is 2.61 bits per heavy atom. The van der Waals surface area contributed by atoms with Crippen molar-refractivity contribution in [2.45, 2.75) is 45.5 Å². The number of rotatable bonds is 3. The molecule has 0 spiro atoms. The van der Waals surface area contributed by atoms with E-state index < -0.39 is 29.5 Å². The van der Waals surface area contributed by atoms with E-state index in [1.165, 1.54) is 6.07 Å². The summed E-state index contributed by atoms with van der Waals surface area (Å²) in [6.07, 6.45) is -5.05. The number of hydrogen-bond acceptors (Lipinski definition) is 5. The minimum Gasteiger partial charge on any atom is -0.444 e. The smallest absolute Gasteiger partial charge is 0.416 e. The van der Waals surface area contributed by atoms with E-state index in [0.717, 1.165) is 12.1 Å². The number of aromatic nitrogens is 3. The largest absolute Gasteiger partial charge is 0.444 e. The van der Waals surface area contributed by atoms with Crippen LogP contribution in [-0.2, 0) is 10.9 Å². The summed E-state index contributed by atoms with van der Waals surface area (Å²) in [4.78, 5) is 18.9. The van der Waals surface area contributed by atoms with Gasteiger partial charge in [-0.25, -0.2) is 9.78 Å². The van der Waals surface area contributed by atoms with Crippen LogP contribution in [0.1, 0.15) is 45.0 Å². The fourth-order valence-electron chi connectivity index (χ4n) is 2.46. The monoisotopic (exact) mass is 396 g/mol. The van der Waals surface area contributed by atoms with Crippen LogP contribution in [0.15, 0.2) is 28.8 Å². The summed E-state index contributed by atoms with van der Waals surface area (Å²) in [7, 11) is 0. The van der Waals surface area contributed by atoms with Crippen molar-refractivity contribution in [1.29, 1.82) is 0 Å². The summed E-state index contributed by atoms with van der Waals surface area (Å²) < 4.78 is 48.9. The Balaban J connectivity index is 1.79. The molecular weight excluding hydrogens is 377 g/mol. The maximum absolute atomic E-state index is 12.8. The molecule has 1 amide bonds. The highest BCUT2D eigenvalue weighted by molar-refractivity contribution is 5.79. The van der Waals surface area contributed by atoms with Gasteiger partial charge >= 0.3 is 12.3 Å². The second-order valence-electron chi connectivity index (χ2n) is 7.30. The first kappa shape index (κ1) is 19.7. The maximum atomic E-state index is 12.8. The van der Waals surface area contributed by atoms with E-state index in [9.17, 15) is 18.0 Å². The number of carbonyl (C=O) groups is 1. The molecule has 3 rings (SSSR count). The Hall–Kier alpha value is -3.04. The topological polar surface area (TPSA) is 93.0 Å². The molecule has 0 saturated carbocycles. The molecule has 0 aliphatic rings. The molecule has 0 saturated heterocycles. The van der Waals surface area contributed by atoms with Gasteiger partial charge in [-0.2, -0.15) is 13.2 Å². The third-order valence-electron chi connectivity index (χ3n) is 3.75. The third-order valence-corrected chi connectivity index (χ3v) is 3.75. The molecule has 1 aromatic carbocycles. The standard InChI is InChI=1S/C18H19F3N4O3/c1-9(22-16(26)27-17(2,3)4)12-8-14(28-25-12)15-23-11-6-5-10(18(19,20)21)7-13(11)24-15/h5-9H,1-4H3,(H,22,26)(H,23,24)/t9-/m0/s1. The molecule has 0 aliphatic heterocycles. The van der Waals surface area contributed by atoms with Gasteiger partial charge < -0.3 is 19.6 Å². The minimum absolute atomic E-state index is 0.155. The molecule has 0 unspecified atom stereocenters. The molecule has 150 valence electrons. The number of fused-ring (bicyclic) bond motifs is 1. The van der Waals surface area contributed by atoms with Gasteiger partial charge in [0.15, 0.2) is 5.82 Å². The van der Waals surface area contributed by atoms with Crippen molar-refractivity contribution >= 4 is 17.1 Å². The summed E-state index contributed by atoms with van der Waals surface area (Å²) in [5, 5.41) is 6.51. The number of alkyl halides is 3. The van der Waals surface area contributed by atoms with E-state index in [1.54, 1.807) is 33.8 Å². The number of benzene rings is 1. The van der Waals surface area contributed by atoms with Crippen LogP contribution in [-0.4, -0.2) is 26.8 Å². The molecule has 2 heterocycles. The van der Waals surface area contributed by atoms with Crippen molar-refractivity contribution in [3.05, 3.63) is 35.5 Å². The molecule has 0 radical (unpaired) electrons. The van der Waals surface area contributed by atoms with E-state index >= 15 is 0 Å². The number of H-pyrrole nitrogens is 1. The maximum Gasteiger partial charge on any atom is 0.416 e. The van der Waals surface area contributed by atoms with Crippen LogP contribution < -0.4 is 5.32 Å². The van der Waals surface area contributed by atoms with Gasteiger partial charge in [-0.3, -0.25) is 0 Å². The van der Waals surface area contributed by atoms with Gasteiger partial charge in [0.25, 0.3) is 0 Å². The van der Waals surface area contributed by atoms with Gasteiger partial charge in [0.2, 0.25) is 5.76 Å². The molecule has 1 atom stereocenters. The highest BCUT2D eigenvalue weighted by Gasteiger charge is 2.31. The van der Waals surface area contributed by atoms with Crippen LogP contribution in [0.25, 0.3) is 22.6 Å². The van der Waals surface area contributed by atoms with Crippen molar-refractivity contribution in [2.24, 2.45) is 0 Å². The molecule has 7 nitrogen and oxygen atoms in total. The Morgan fingerprint density at radius 2 is 1.96 bits per heavy atom. The van der Waals surface area contributed by atoms with E-state index in [2.05, 4.69) is 20.4 Å². The first-order valence-corrected chi connectivity index (χ1v) is 8.46. The molecule has 0 aliphatic carbocycles. The van der Waals surface area contributed by atoms with Crippen LogP contribution in [0, 0.1) is 0 Å². The number of amides is 1. The molecular formula is C18H19F3N4O3. The summed E-state index contributed by atoms with van der Waals surface area (Å²) in [6, 6.07) is 4.28. The van der Waals surface area contributed by atoms with Crippen LogP contribution in [0.4, 0.5) is 18.0 Å². The highest BCUT2D eigenvalue weighted by atomic mass is 19.4. The number of imidazole rings is 1. The third kappa shape index (κ3) is 4.44. The van der Waals surface area contributed by atoms with Gasteiger partial charge in [0.05, 0.1) is 22.6 Å². The van der Waals surface area contributed by atoms with Crippen molar-refractivity contribution in [3.63, 3.8) is 0 Å². The Bertz CT molecular complexity index is 1000.